The molecule has 0 radical (unpaired) electrons. The third-order valence-electron chi connectivity index (χ3n) is 4.03. The number of rotatable bonds is 8. The van der Waals surface area contributed by atoms with Crippen molar-refractivity contribution in [2.24, 2.45) is 22.4 Å². The van der Waals surface area contributed by atoms with E-state index in [9.17, 15) is 22.4 Å². The number of amides is 1. The fourth-order valence-corrected chi connectivity index (χ4v) is 3.84. The zero-order chi connectivity index (χ0) is 22.6. The van der Waals surface area contributed by atoms with E-state index in [1.54, 1.807) is 0 Å². The number of sulfonamides is 1. The van der Waals surface area contributed by atoms with Gasteiger partial charge in [-0.2, -0.15) is 0 Å². The second kappa shape index (κ2) is 8.82. The lowest BCUT2D eigenvalue weighted by molar-refractivity contribution is -0.125. The maximum atomic E-state index is 13.9. The Morgan fingerprint density at radius 3 is 2.40 bits per heavy atom. The number of guanidine groups is 1. The molecule has 0 saturated heterocycles. The van der Waals surface area contributed by atoms with Crippen molar-refractivity contribution < 1.29 is 22.4 Å². The quantitative estimate of drug-likeness (QED) is 0.247. The van der Waals surface area contributed by atoms with Gasteiger partial charge in [0.25, 0.3) is 15.6 Å². The topological polar surface area (TPSA) is 185 Å². The summed E-state index contributed by atoms with van der Waals surface area (Å²) in [5.74, 6) is -2.36. The van der Waals surface area contributed by atoms with E-state index in [0.29, 0.717) is 0 Å². The molecule has 0 aliphatic carbocycles. The summed E-state index contributed by atoms with van der Waals surface area (Å²) in [4.78, 5) is 29.4. The van der Waals surface area contributed by atoms with Gasteiger partial charge in [0.2, 0.25) is 11.9 Å². The van der Waals surface area contributed by atoms with Crippen molar-refractivity contribution in [2.45, 2.75) is 30.9 Å². The number of pyridine rings is 1. The van der Waals surface area contributed by atoms with E-state index in [2.05, 4.69) is 5.16 Å². The van der Waals surface area contributed by atoms with Crippen LogP contribution in [0.25, 0.3) is 0 Å². The molecule has 1 aromatic carbocycles. The van der Waals surface area contributed by atoms with Gasteiger partial charge in [0.05, 0.1) is 0 Å². The first-order chi connectivity index (χ1) is 14.0. The SMILES string of the molecule is Cc1ccc(NS(=O)(=O)c2ccccc2F)c(=O)n1C(C(N)=O)C(C)ON=C(N)N. The molecular formula is C17H21FN6O5S. The fourth-order valence-electron chi connectivity index (χ4n) is 2.70. The molecule has 1 amide bonds. The molecular weight excluding hydrogens is 419 g/mol. The standard InChI is InChI=1S/C17H21FN6O5S/c1-9-7-8-12(23-30(27,28)13-6-4-3-5-11(13)18)16(26)24(9)14(15(19)25)10(2)29-22-17(20)21/h3-8,10,14,23H,1-2H3,(H2,19,25)(H4,20,21,22). The van der Waals surface area contributed by atoms with Crippen molar-refractivity contribution in [1.29, 1.82) is 0 Å². The number of nitrogens with two attached hydrogens (primary N) is 3. The molecule has 1 aromatic heterocycles. The number of hydrogen-bond acceptors (Lipinski definition) is 6. The molecule has 0 aliphatic heterocycles. The first kappa shape index (κ1) is 22.7. The molecule has 11 nitrogen and oxygen atoms in total. The maximum Gasteiger partial charge on any atom is 0.275 e. The highest BCUT2D eigenvalue weighted by molar-refractivity contribution is 7.92. The molecule has 13 heteroatoms. The van der Waals surface area contributed by atoms with Gasteiger partial charge in [-0.25, -0.2) is 12.8 Å². The minimum absolute atomic E-state index is 0.276. The van der Waals surface area contributed by atoms with Crippen molar-refractivity contribution in [3.05, 3.63) is 58.3 Å². The number of nitrogens with one attached hydrogen (secondary N) is 1. The Balaban J connectivity index is 2.53. The smallest absolute Gasteiger partial charge is 0.275 e. The molecule has 0 aliphatic rings. The summed E-state index contributed by atoms with van der Waals surface area (Å²) in [6.07, 6.45) is -1.08. The van der Waals surface area contributed by atoms with Gasteiger partial charge < -0.3 is 22.0 Å². The van der Waals surface area contributed by atoms with E-state index in [4.69, 9.17) is 22.0 Å². The number of hydrogen-bond donors (Lipinski definition) is 4. The van der Waals surface area contributed by atoms with Crippen LogP contribution < -0.4 is 27.5 Å². The van der Waals surface area contributed by atoms with Crippen LogP contribution in [0.1, 0.15) is 18.7 Å². The molecule has 1 heterocycles. The van der Waals surface area contributed by atoms with Gasteiger partial charge in [0.15, 0.2) is 12.1 Å². The molecule has 0 fully saturated rings. The molecule has 0 bridgehead atoms. The average Bonchev–Trinajstić information content (AvgIpc) is 2.65. The zero-order valence-electron chi connectivity index (χ0n) is 16.1. The van der Waals surface area contributed by atoms with Gasteiger partial charge in [-0.1, -0.05) is 12.1 Å². The number of benzene rings is 1. The van der Waals surface area contributed by atoms with E-state index in [1.165, 1.54) is 38.1 Å². The zero-order valence-corrected chi connectivity index (χ0v) is 16.9. The number of carbonyl (C=O) groups excluding carboxylic acids is 1. The van der Waals surface area contributed by atoms with Gasteiger partial charge in [-0.05, 0) is 43.3 Å². The molecule has 30 heavy (non-hydrogen) atoms. The van der Waals surface area contributed by atoms with E-state index in [0.717, 1.165) is 16.7 Å². The number of anilines is 1. The number of halogens is 1. The first-order valence-corrected chi connectivity index (χ1v) is 9.97. The average molecular weight is 440 g/mol. The third kappa shape index (κ3) is 4.86. The summed E-state index contributed by atoms with van der Waals surface area (Å²) in [5, 5.41) is 3.34. The lowest BCUT2D eigenvalue weighted by Crippen LogP contribution is -2.42. The van der Waals surface area contributed by atoms with Gasteiger partial charge in [-0.3, -0.25) is 18.9 Å². The van der Waals surface area contributed by atoms with Crippen LogP contribution >= 0.6 is 0 Å². The highest BCUT2D eigenvalue weighted by atomic mass is 32.2. The molecule has 2 rings (SSSR count). The summed E-state index contributed by atoms with van der Waals surface area (Å²) in [6, 6.07) is 5.85. The van der Waals surface area contributed by atoms with E-state index < -0.39 is 56.0 Å². The predicted octanol–water partition coefficient (Wildman–Crippen LogP) is -0.283. The minimum atomic E-state index is -4.42. The van der Waals surface area contributed by atoms with Crippen molar-refractivity contribution >= 4 is 27.6 Å². The molecule has 2 unspecified atom stereocenters. The van der Waals surface area contributed by atoms with Crippen LogP contribution in [0.5, 0.6) is 0 Å². The summed E-state index contributed by atoms with van der Waals surface area (Å²) >= 11 is 0. The minimum Gasteiger partial charge on any atom is -0.387 e. The Bertz CT molecular complexity index is 1140. The second-order valence-electron chi connectivity index (χ2n) is 6.27. The van der Waals surface area contributed by atoms with Crippen LogP contribution in [0.15, 0.2) is 51.2 Å². The molecule has 162 valence electrons. The summed E-state index contributed by atoms with van der Waals surface area (Å²) in [6.45, 7) is 2.89. The first-order valence-electron chi connectivity index (χ1n) is 8.49. The number of carbonyl (C=O) groups is 1. The van der Waals surface area contributed by atoms with E-state index in [-0.39, 0.29) is 5.69 Å². The van der Waals surface area contributed by atoms with Gasteiger partial charge in [-0.15, -0.1) is 0 Å². The van der Waals surface area contributed by atoms with Crippen LogP contribution in [-0.4, -0.2) is 31.0 Å². The molecule has 2 aromatic rings. The maximum absolute atomic E-state index is 13.9. The number of oxime groups is 1. The molecule has 7 N–H and O–H groups in total. The van der Waals surface area contributed by atoms with Crippen LogP contribution in [0, 0.1) is 12.7 Å². The van der Waals surface area contributed by atoms with E-state index in [1.807, 2.05) is 4.72 Å². The van der Waals surface area contributed by atoms with Crippen LogP contribution in [0.4, 0.5) is 10.1 Å². The molecule has 2 atom stereocenters. The molecule has 0 saturated carbocycles. The van der Waals surface area contributed by atoms with Gasteiger partial charge in [0.1, 0.15) is 16.4 Å². The van der Waals surface area contributed by atoms with Crippen LogP contribution in [0.2, 0.25) is 0 Å². The number of aromatic nitrogens is 1. The van der Waals surface area contributed by atoms with Crippen LogP contribution in [0.3, 0.4) is 0 Å². The van der Waals surface area contributed by atoms with Crippen molar-refractivity contribution in [3.8, 4) is 0 Å². The number of nitrogens with zero attached hydrogens (tertiary/aromatic N) is 2. The van der Waals surface area contributed by atoms with Gasteiger partial charge in [0, 0.05) is 5.69 Å². The fraction of sp³-hybridized carbons (Fsp3) is 0.235. The summed E-state index contributed by atoms with van der Waals surface area (Å²) < 4.78 is 41.9. The monoisotopic (exact) mass is 440 g/mol. The Morgan fingerprint density at radius 1 is 1.20 bits per heavy atom. The molecule has 0 spiro atoms. The lowest BCUT2D eigenvalue weighted by atomic mass is 10.1. The lowest BCUT2D eigenvalue weighted by Gasteiger charge is -2.24. The largest absolute Gasteiger partial charge is 0.387 e. The Morgan fingerprint density at radius 2 is 1.83 bits per heavy atom. The highest BCUT2D eigenvalue weighted by Crippen LogP contribution is 2.20. The Labute approximate surface area is 171 Å². The normalized spacial score (nSPS) is 13.2. The summed E-state index contributed by atoms with van der Waals surface area (Å²) in [5.41, 5.74) is 14.7. The van der Waals surface area contributed by atoms with Crippen LogP contribution in [-0.2, 0) is 19.7 Å². The third-order valence-corrected chi connectivity index (χ3v) is 5.43. The number of primary amides is 1. The van der Waals surface area contributed by atoms with Crippen molar-refractivity contribution in [1.82, 2.24) is 4.57 Å². The number of aryl methyl sites for hydroxylation is 1. The van der Waals surface area contributed by atoms with Crippen molar-refractivity contribution in [2.75, 3.05) is 4.72 Å². The van der Waals surface area contributed by atoms with Gasteiger partial charge >= 0.3 is 0 Å². The second-order valence-corrected chi connectivity index (χ2v) is 7.92. The summed E-state index contributed by atoms with van der Waals surface area (Å²) in [7, 11) is -4.42. The highest BCUT2D eigenvalue weighted by Gasteiger charge is 2.30. The predicted molar refractivity (Wildman–Crippen MR) is 107 cm³/mol. The van der Waals surface area contributed by atoms with Crippen molar-refractivity contribution in [3.63, 3.8) is 0 Å². The Kier molecular flexibility index (Phi) is 6.66. The van der Waals surface area contributed by atoms with E-state index >= 15 is 0 Å². The Hall–Kier alpha value is -3.61.